The van der Waals surface area contributed by atoms with Crippen LogP contribution >= 0.6 is 0 Å². The van der Waals surface area contributed by atoms with E-state index >= 15 is 0 Å². The van der Waals surface area contributed by atoms with E-state index in [1.165, 1.54) is 0 Å². The highest BCUT2D eigenvalue weighted by atomic mass is 29.3. The van der Waals surface area contributed by atoms with Crippen molar-refractivity contribution in [3.63, 3.8) is 0 Å². The van der Waals surface area contributed by atoms with Crippen molar-refractivity contribution < 1.29 is 20.6 Å². The maximum absolute atomic E-state index is 7.09. The predicted molar refractivity (Wildman–Crippen MR) is 175 cm³/mol. The summed E-state index contributed by atoms with van der Waals surface area (Å²) in [6, 6.07) is 1.06. The van der Waals surface area contributed by atoms with E-state index in [0.717, 1.165) is 12.5 Å². The Labute approximate surface area is 225 Å². The quantitative estimate of drug-likeness (QED) is 0.207. The summed E-state index contributed by atoms with van der Waals surface area (Å²) in [6.07, 6.45) is 1.05. The maximum Gasteiger partial charge on any atom is 0.311 e. The Morgan fingerprint density at radius 1 is 0.559 bits per heavy atom. The molecule has 0 aromatic carbocycles. The molecule has 0 aromatic rings. The van der Waals surface area contributed by atoms with Gasteiger partial charge in [0.2, 0.25) is 7.83 Å². The van der Waals surface area contributed by atoms with E-state index < -0.39 is 66.5 Å². The van der Waals surface area contributed by atoms with E-state index in [1.807, 2.05) is 0 Å². The minimum atomic E-state index is -2.20. The second kappa shape index (κ2) is 12.3. The Kier molecular flexibility index (Phi) is 12.9. The van der Waals surface area contributed by atoms with Crippen LogP contribution in [0.1, 0.15) is 6.42 Å². The molecule has 0 aromatic heterocycles. The molecule has 0 heterocycles. The Morgan fingerprint density at radius 3 is 1.18 bits per heavy atom. The molecule has 0 aliphatic carbocycles. The molecule has 2 atom stereocenters. The zero-order chi connectivity index (χ0) is 27.6. The van der Waals surface area contributed by atoms with Crippen LogP contribution in [-0.4, -0.2) is 77.0 Å². The van der Waals surface area contributed by atoms with Crippen molar-refractivity contribution in [2.75, 3.05) is 0 Å². The van der Waals surface area contributed by atoms with Crippen molar-refractivity contribution in [1.29, 1.82) is 0 Å². The van der Waals surface area contributed by atoms with E-state index in [0.29, 0.717) is 10.5 Å². The molecule has 0 N–H and O–H groups in total. The van der Waals surface area contributed by atoms with Gasteiger partial charge in [0.15, 0.2) is 49.9 Å². The Hall–Kier alpha value is 1.75. The van der Waals surface area contributed by atoms with E-state index in [4.69, 9.17) is 20.6 Å². The molecular formula is C20H59O5Si9. The van der Waals surface area contributed by atoms with Gasteiger partial charge < -0.3 is 20.6 Å². The average Bonchev–Trinajstić information content (AvgIpc) is 2.44. The van der Waals surface area contributed by atoms with Gasteiger partial charge in [0.05, 0.1) is 0 Å². The van der Waals surface area contributed by atoms with E-state index in [2.05, 4.69) is 111 Å². The molecule has 0 saturated heterocycles. The largest absolute Gasteiger partial charge is 0.455 e. The summed E-state index contributed by atoms with van der Waals surface area (Å²) < 4.78 is 34.1. The Bertz CT molecular complexity index is 608. The lowest BCUT2D eigenvalue weighted by molar-refractivity contribution is 0.440. The predicted octanol–water partition coefficient (Wildman–Crippen LogP) is 6.02. The fraction of sp³-hybridized carbons (Fsp3) is 0.950. The SMILES string of the molecule is C[Si](C)(C)O[SiH](O[SiH3])[Si](C)(CC[C]([Si](C)(C)O[Si](C)(C)C)[Si](C)(C)O[Si](C)(C)C)O[Si](C)(C)C. The molecule has 0 saturated carbocycles. The van der Waals surface area contributed by atoms with Crippen LogP contribution in [0.25, 0.3) is 0 Å². The van der Waals surface area contributed by atoms with Crippen LogP contribution in [0.4, 0.5) is 0 Å². The van der Waals surface area contributed by atoms with Crippen LogP contribution in [-0.2, 0) is 20.6 Å². The molecule has 5 nitrogen and oxygen atoms in total. The molecule has 0 aliphatic rings. The van der Waals surface area contributed by atoms with Crippen molar-refractivity contribution >= 4 is 77.0 Å². The molecule has 34 heavy (non-hydrogen) atoms. The highest BCUT2D eigenvalue weighted by Gasteiger charge is 2.53. The van der Waals surface area contributed by atoms with Gasteiger partial charge in [-0.1, -0.05) is 0 Å². The van der Waals surface area contributed by atoms with Crippen LogP contribution < -0.4 is 0 Å². The molecule has 14 heteroatoms. The average molecular weight is 632 g/mol. The van der Waals surface area contributed by atoms with Crippen molar-refractivity contribution in [2.45, 2.75) is 124 Å². The van der Waals surface area contributed by atoms with E-state index in [9.17, 15) is 0 Å². The molecule has 0 amide bonds. The monoisotopic (exact) mass is 631 g/mol. The standard InChI is InChI=1S/C20H59O5Si9/c1-28(2,3)22-27(21-26)34(17,25-31(10,11)12)19-18-20(32(13,14)23-29(4,5)6)33(15,16)24-30(7,8)9/h27H,18-19H2,1-17,26H3. The van der Waals surface area contributed by atoms with Gasteiger partial charge in [-0.05, 0) is 124 Å². The summed E-state index contributed by atoms with van der Waals surface area (Å²) in [5, 5.41) is 1.62. The molecule has 2 unspecified atom stereocenters. The topological polar surface area (TPSA) is 46.2 Å². The van der Waals surface area contributed by atoms with Crippen molar-refractivity contribution in [3.05, 3.63) is 5.16 Å². The summed E-state index contributed by atoms with van der Waals surface area (Å²) in [5.41, 5.74) is 0. The normalized spacial score (nSPS) is 17.8. The van der Waals surface area contributed by atoms with E-state index in [1.54, 1.807) is 5.16 Å². The number of rotatable bonds is 15. The van der Waals surface area contributed by atoms with Crippen molar-refractivity contribution in [2.24, 2.45) is 0 Å². The number of hydrogen-bond donors (Lipinski definition) is 0. The van der Waals surface area contributed by atoms with Gasteiger partial charge in [0.1, 0.15) is 10.5 Å². The molecule has 1 radical (unpaired) electrons. The molecular weight excluding hydrogens is 573 g/mol. The fourth-order valence-electron chi connectivity index (χ4n) is 5.01. The first kappa shape index (κ1) is 35.8. The van der Waals surface area contributed by atoms with Crippen LogP contribution in [0.2, 0.25) is 117 Å². The third-order valence-electron chi connectivity index (χ3n) is 5.16. The fourth-order valence-corrected chi connectivity index (χ4v) is 56.2. The summed E-state index contributed by atoms with van der Waals surface area (Å²) in [6.45, 7) is 39.8. The molecule has 0 fully saturated rings. The third kappa shape index (κ3) is 14.1. The first-order chi connectivity index (χ1) is 14.6. The Morgan fingerprint density at radius 2 is 0.912 bits per heavy atom. The van der Waals surface area contributed by atoms with Gasteiger partial charge in [0.25, 0.3) is 0 Å². The van der Waals surface area contributed by atoms with Crippen molar-refractivity contribution in [3.8, 4) is 0 Å². The maximum atomic E-state index is 7.09. The molecule has 205 valence electrons. The van der Waals surface area contributed by atoms with Crippen molar-refractivity contribution in [1.82, 2.24) is 0 Å². The van der Waals surface area contributed by atoms with Gasteiger partial charge in [-0.15, -0.1) is 0 Å². The first-order valence-electron chi connectivity index (χ1n) is 12.8. The lowest BCUT2D eigenvalue weighted by Crippen LogP contribution is -2.63. The van der Waals surface area contributed by atoms with E-state index in [-0.39, 0.29) is 0 Å². The van der Waals surface area contributed by atoms with Crippen LogP contribution in [0.3, 0.4) is 0 Å². The lowest BCUT2D eigenvalue weighted by Gasteiger charge is -2.47. The van der Waals surface area contributed by atoms with Gasteiger partial charge >= 0.3 is 8.80 Å². The third-order valence-corrected chi connectivity index (χ3v) is 41.2. The van der Waals surface area contributed by atoms with Crippen LogP contribution in [0.5, 0.6) is 0 Å². The van der Waals surface area contributed by atoms with Crippen LogP contribution in [0, 0.1) is 5.16 Å². The smallest absolute Gasteiger partial charge is 0.311 e. The highest BCUT2D eigenvalue weighted by molar-refractivity contribution is 7.28. The molecule has 0 rings (SSSR count). The molecule has 0 bridgehead atoms. The minimum absolute atomic E-state index is 0.714. The summed E-state index contributed by atoms with van der Waals surface area (Å²) in [7, 11) is -14.4. The zero-order valence-electron chi connectivity index (χ0n) is 26.0. The Balaban J connectivity index is 6.35. The summed E-state index contributed by atoms with van der Waals surface area (Å²) >= 11 is 0. The zero-order valence-corrected chi connectivity index (χ0v) is 36.2. The number of hydrogen-bond acceptors (Lipinski definition) is 5. The first-order valence-corrected chi connectivity index (χ1v) is 38.4. The summed E-state index contributed by atoms with van der Waals surface area (Å²) in [4.78, 5) is 0. The molecule has 0 aliphatic heterocycles. The lowest BCUT2D eigenvalue weighted by atomic mass is 10.5. The second-order valence-electron chi connectivity index (χ2n) is 14.8. The second-order valence-corrected chi connectivity index (χ2v) is 53.5. The minimum Gasteiger partial charge on any atom is -0.455 e. The van der Waals surface area contributed by atoms with Crippen LogP contribution in [0.15, 0.2) is 0 Å². The molecule has 0 spiro atoms. The highest BCUT2D eigenvalue weighted by Crippen LogP contribution is 2.39. The van der Waals surface area contributed by atoms with Gasteiger partial charge in [-0.2, -0.15) is 0 Å². The summed E-state index contributed by atoms with van der Waals surface area (Å²) in [5.74, 6) is 0. The van der Waals surface area contributed by atoms with Gasteiger partial charge in [-0.3, -0.25) is 0 Å². The van der Waals surface area contributed by atoms with Gasteiger partial charge in [-0.25, -0.2) is 0 Å². The van der Waals surface area contributed by atoms with Gasteiger partial charge in [0, 0.05) is 5.16 Å².